The zero-order valence-electron chi connectivity index (χ0n) is 14.8. The maximum Gasteiger partial charge on any atom is 0.306 e. The van der Waals surface area contributed by atoms with Crippen molar-refractivity contribution in [1.29, 1.82) is 0 Å². The SMILES string of the molecule is Cc1ccc(C(c2csc3ccccc23)N2CCC(C(=O)O)CC2)nc1. The van der Waals surface area contributed by atoms with E-state index in [1.807, 2.05) is 13.1 Å². The maximum atomic E-state index is 11.3. The fraction of sp³-hybridized carbons (Fsp3) is 0.333. The maximum absolute atomic E-state index is 11.3. The van der Waals surface area contributed by atoms with E-state index < -0.39 is 5.97 Å². The molecule has 3 aromatic rings. The number of aromatic nitrogens is 1. The molecule has 2 aromatic heterocycles. The number of likely N-dealkylation sites (tertiary alicyclic amines) is 1. The van der Waals surface area contributed by atoms with Crippen molar-refractivity contribution in [2.75, 3.05) is 13.1 Å². The number of rotatable bonds is 4. The summed E-state index contributed by atoms with van der Waals surface area (Å²) in [7, 11) is 0. The van der Waals surface area contributed by atoms with Crippen molar-refractivity contribution in [3.8, 4) is 0 Å². The normalized spacial score (nSPS) is 17.4. The summed E-state index contributed by atoms with van der Waals surface area (Å²) in [6, 6.07) is 12.8. The van der Waals surface area contributed by atoms with Gasteiger partial charge in [0.25, 0.3) is 0 Å². The van der Waals surface area contributed by atoms with Gasteiger partial charge in [-0.3, -0.25) is 14.7 Å². The third-order valence-corrected chi connectivity index (χ3v) is 6.25. The Kier molecular flexibility index (Phi) is 4.74. The molecule has 5 heteroatoms. The molecule has 1 unspecified atom stereocenters. The Morgan fingerprint density at radius 3 is 2.69 bits per heavy atom. The quantitative estimate of drug-likeness (QED) is 0.739. The van der Waals surface area contributed by atoms with Gasteiger partial charge in [-0.2, -0.15) is 0 Å². The first-order chi connectivity index (χ1) is 12.6. The number of nitrogens with zero attached hydrogens (tertiary/aromatic N) is 2. The molecule has 0 aliphatic carbocycles. The first-order valence-electron chi connectivity index (χ1n) is 8.99. The molecule has 1 aliphatic rings. The topological polar surface area (TPSA) is 53.4 Å². The lowest BCUT2D eigenvalue weighted by Gasteiger charge is -2.36. The zero-order valence-corrected chi connectivity index (χ0v) is 15.6. The van der Waals surface area contributed by atoms with Gasteiger partial charge in [0, 0.05) is 10.9 Å². The number of benzene rings is 1. The number of thiophene rings is 1. The van der Waals surface area contributed by atoms with Gasteiger partial charge in [0.2, 0.25) is 0 Å². The third kappa shape index (κ3) is 3.24. The fourth-order valence-electron chi connectivity index (χ4n) is 3.80. The second-order valence-corrected chi connectivity index (χ2v) is 7.91. The number of carboxylic acids is 1. The second kappa shape index (κ2) is 7.17. The second-order valence-electron chi connectivity index (χ2n) is 7.00. The number of aryl methyl sites for hydroxylation is 1. The Morgan fingerprint density at radius 1 is 1.23 bits per heavy atom. The predicted octanol–water partition coefficient (Wildman–Crippen LogP) is 4.49. The Morgan fingerprint density at radius 2 is 2.00 bits per heavy atom. The molecule has 4 rings (SSSR count). The van der Waals surface area contributed by atoms with Gasteiger partial charge in [0.15, 0.2) is 0 Å². The van der Waals surface area contributed by atoms with Gasteiger partial charge < -0.3 is 5.11 Å². The van der Waals surface area contributed by atoms with E-state index in [2.05, 4.69) is 46.7 Å². The van der Waals surface area contributed by atoms with Gasteiger partial charge in [-0.25, -0.2) is 0 Å². The van der Waals surface area contributed by atoms with Crippen LogP contribution in [0.2, 0.25) is 0 Å². The van der Waals surface area contributed by atoms with Crippen LogP contribution in [0.3, 0.4) is 0 Å². The van der Waals surface area contributed by atoms with Crippen LogP contribution >= 0.6 is 11.3 Å². The highest BCUT2D eigenvalue weighted by atomic mass is 32.1. The molecule has 0 saturated carbocycles. The zero-order chi connectivity index (χ0) is 18.1. The first kappa shape index (κ1) is 17.2. The number of fused-ring (bicyclic) bond motifs is 1. The van der Waals surface area contributed by atoms with Gasteiger partial charge in [-0.1, -0.05) is 24.3 Å². The van der Waals surface area contributed by atoms with Crippen molar-refractivity contribution in [3.05, 3.63) is 64.8 Å². The molecule has 0 radical (unpaired) electrons. The molecule has 4 nitrogen and oxygen atoms in total. The molecular weight excluding hydrogens is 344 g/mol. The summed E-state index contributed by atoms with van der Waals surface area (Å²) in [5.74, 6) is -0.896. The highest BCUT2D eigenvalue weighted by molar-refractivity contribution is 7.17. The van der Waals surface area contributed by atoms with Crippen LogP contribution in [-0.4, -0.2) is 34.0 Å². The minimum atomic E-state index is -0.671. The summed E-state index contributed by atoms with van der Waals surface area (Å²) in [4.78, 5) is 18.4. The molecule has 0 bridgehead atoms. The lowest BCUT2D eigenvalue weighted by Crippen LogP contribution is -2.39. The summed E-state index contributed by atoms with van der Waals surface area (Å²) in [5, 5.41) is 12.8. The standard InChI is InChI=1S/C21H22N2O2S/c1-14-6-7-18(22-12-14)20(23-10-8-15(9-11-23)21(24)25)17-13-26-19-5-3-2-4-16(17)19/h2-7,12-13,15,20H,8-11H2,1H3,(H,24,25). The summed E-state index contributed by atoms with van der Waals surface area (Å²) < 4.78 is 1.28. The average Bonchev–Trinajstić information content (AvgIpc) is 3.08. The van der Waals surface area contributed by atoms with Crippen LogP contribution < -0.4 is 0 Å². The largest absolute Gasteiger partial charge is 0.481 e. The van der Waals surface area contributed by atoms with Crippen LogP contribution in [-0.2, 0) is 4.79 Å². The molecule has 0 amide bonds. The Bertz CT molecular complexity index is 911. The Hall–Kier alpha value is -2.24. The van der Waals surface area contributed by atoms with Crippen LogP contribution in [0.1, 0.15) is 35.7 Å². The minimum Gasteiger partial charge on any atom is -0.481 e. The number of hydrogen-bond donors (Lipinski definition) is 1. The van der Waals surface area contributed by atoms with E-state index in [1.54, 1.807) is 11.3 Å². The number of aliphatic carboxylic acids is 1. The van der Waals surface area contributed by atoms with E-state index in [4.69, 9.17) is 4.98 Å². The Labute approximate surface area is 157 Å². The van der Waals surface area contributed by atoms with Crippen molar-refractivity contribution in [2.24, 2.45) is 5.92 Å². The van der Waals surface area contributed by atoms with Crippen LogP contribution in [0.25, 0.3) is 10.1 Å². The van der Waals surface area contributed by atoms with Gasteiger partial charge in [0.1, 0.15) is 0 Å². The van der Waals surface area contributed by atoms with E-state index in [-0.39, 0.29) is 12.0 Å². The van der Waals surface area contributed by atoms with E-state index in [1.165, 1.54) is 15.6 Å². The fourth-order valence-corrected chi connectivity index (χ4v) is 4.78. The van der Waals surface area contributed by atoms with E-state index in [9.17, 15) is 9.90 Å². The van der Waals surface area contributed by atoms with Gasteiger partial charge in [-0.05, 0) is 66.9 Å². The molecule has 134 valence electrons. The van der Waals surface area contributed by atoms with E-state index in [0.29, 0.717) is 12.8 Å². The van der Waals surface area contributed by atoms with Crippen molar-refractivity contribution < 1.29 is 9.90 Å². The lowest BCUT2D eigenvalue weighted by molar-refractivity contribution is -0.143. The van der Waals surface area contributed by atoms with Crippen LogP contribution in [0.5, 0.6) is 0 Å². The van der Waals surface area contributed by atoms with Crippen LogP contribution in [0.4, 0.5) is 0 Å². The van der Waals surface area contributed by atoms with E-state index >= 15 is 0 Å². The minimum absolute atomic E-state index is 0.0708. The predicted molar refractivity (Wildman–Crippen MR) is 105 cm³/mol. The molecule has 0 spiro atoms. The molecule has 26 heavy (non-hydrogen) atoms. The van der Waals surface area contributed by atoms with Gasteiger partial charge in [0.05, 0.1) is 17.7 Å². The molecule has 3 heterocycles. The monoisotopic (exact) mass is 366 g/mol. The summed E-state index contributed by atoms with van der Waals surface area (Å²) >= 11 is 1.76. The number of pyridine rings is 1. The van der Waals surface area contributed by atoms with Crippen molar-refractivity contribution in [1.82, 2.24) is 9.88 Å². The number of carboxylic acid groups (broad SMARTS) is 1. The number of hydrogen-bond acceptors (Lipinski definition) is 4. The number of carbonyl (C=O) groups is 1. The molecule has 1 atom stereocenters. The van der Waals surface area contributed by atoms with Crippen molar-refractivity contribution >= 4 is 27.4 Å². The average molecular weight is 366 g/mol. The molecule has 1 saturated heterocycles. The first-order valence-corrected chi connectivity index (χ1v) is 9.87. The van der Waals surface area contributed by atoms with Crippen LogP contribution in [0, 0.1) is 12.8 Å². The van der Waals surface area contributed by atoms with Gasteiger partial charge in [-0.15, -0.1) is 11.3 Å². The van der Waals surface area contributed by atoms with E-state index in [0.717, 1.165) is 24.3 Å². The number of piperidine rings is 1. The molecule has 1 N–H and O–H groups in total. The highest BCUT2D eigenvalue weighted by Gasteiger charge is 2.31. The summed E-state index contributed by atoms with van der Waals surface area (Å²) in [5.41, 5.74) is 3.45. The smallest absolute Gasteiger partial charge is 0.306 e. The summed E-state index contributed by atoms with van der Waals surface area (Å²) in [6.07, 6.45) is 3.31. The highest BCUT2D eigenvalue weighted by Crippen LogP contribution is 2.38. The molecular formula is C21H22N2O2S. The van der Waals surface area contributed by atoms with Crippen LogP contribution in [0.15, 0.2) is 48.0 Å². The Balaban J connectivity index is 1.73. The van der Waals surface area contributed by atoms with Gasteiger partial charge >= 0.3 is 5.97 Å². The summed E-state index contributed by atoms with van der Waals surface area (Å²) in [6.45, 7) is 3.60. The van der Waals surface area contributed by atoms with Crippen molar-refractivity contribution in [2.45, 2.75) is 25.8 Å². The lowest BCUT2D eigenvalue weighted by atomic mass is 9.93. The molecule has 1 aliphatic heterocycles. The molecule has 1 aromatic carbocycles. The molecule has 1 fully saturated rings. The van der Waals surface area contributed by atoms with Crippen molar-refractivity contribution in [3.63, 3.8) is 0 Å². The third-order valence-electron chi connectivity index (χ3n) is 5.26.